The van der Waals surface area contributed by atoms with Gasteiger partial charge in [0.25, 0.3) is 0 Å². The third kappa shape index (κ3) is 1.98. The molecule has 1 atom stereocenters. The molecule has 0 spiro atoms. The lowest BCUT2D eigenvalue weighted by atomic mass is 10.4. The van der Waals surface area contributed by atoms with Crippen LogP contribution in [-0.4, -0.2) is 10.2 Å². The van der Waals surface area contributed by atoms with Crippen LogP contribution in [0.3, 0.4) is 0 Å². The molecule has 0 N–H and O–H groups in total. The Kier molecular flexibility index (Phi) is 2.68. The predicted molar refractivity (Wildman–Crippen MR) is 45.8 cm³/mol. The Morgan fingerprint density at radius 3 is 2.33 bits per heavy atom. The lowest BCUT2D eigenvalue weighted by Crippen LogP contribution is -2.10. The highest BCUT2D eigenvalue weighted by molar-refractivity contribution is 7.87. The lowest BCUT2D eigenvalue weighted by molar-refractivity contribution is 1.06. The minimum Gasteiger partial charge on any atom is -0.0949 e. The molecule has 0 aromatic rings. The maximum absolute atomic E-state index is 5.86. The summed E-state index contributed by atoms with van der Waals surface area (Å²) >= 11 is 17.5. The van der Waals surface area contributed by atoms with Gasteiger partial charge in [0, 0.05) is 19.9 Å². The summed E-state index contributed by atoms with van der Waals surface area (Å²) in [5.41, 5.74) is 0. The maximum Gasteiger partial charge on any atom is 0.154 e. The summed E-state index contributed by atoms with van der Waals surface area (Å²) in [6.07, 6.45) is 5.53. The van der Waals surface area contributed by atoms with Crippen LogP contribution in [0.1, 0.15) is 6.42 Å². The molecule has 0 radical (unpaired) electrons. The Morgan fingerprint density at radius 1 is 1.33 bits per heavy atom. The van der Waals surface area contributed by atoms with Crippen molar-refractivity contribution in [2.75, 3.05) is 6.16 Å². The molecule has 9 heavy (non-hydrogen) atoms. The van der Waals surface area contributed by atoms with Crippen LogP contribution in [0.5, 0.6) is 0 Å². The minimum atomic E-state index is -0.719. The third-order valence-corrected chi connectivity index (χ3v) is 5.91. The van der Waals surface area contributed by atoms with Gasteiger partial charge in [0.15, 0.2) is 4.07 Å². The summed E-state index contributed by atoms with van der Waals surface area (Å²) in [5, 5.41) is 0. The van der Waals surface area contributed by atoms with Gasteiger partial charge in [0.1, 0.15) is 0 Å². The van der Waals surface area contributed by atoms with Gasteiger partial charge in [-0.1, -0.05) is 46.6 Å². The van der Waals surface area contributed by atoms with Crippen LogP contribution in [0.4, 0.5) is 0 Å². The second-order valence-corrected chi connectivity index (χ2v) is 6.97. The number of allylic oxidation sites excluding steroid dienone is 2. The molecule has 0 aliphatic carbocycles. The average Bonchev–Trinajstić information content (AvgIpc) is 1.77. The molecule has 0 bridgehead atoms. The van der Waals surface area contributed by atoms with Crippen molar-refractivity contribution in [3.8, 4) is 0 Å². The Balaban J connectivity index is 2.64. The highest BCUT2D eigenvalue weighted by Crippen LogP contribution is 2.62. The molecule has 1 rings (SSSR count). The van der Waals surface area contributed by atoms with Gasteiger partial charge in [-0.05, 0) is 0 Å². The second-order valence-electron chi connectivity index (χ2n) is 1.89. The van der Waals surface area contributed by atoms with E-state index >= 15 is 0 Å². The molecule has 1 aliphatic rings. The maximum atomic E-state index is 5.86. The highest BCUT2D eigenvalue weighted by Gasteiger charge is 2.33. The standard InChI is InChI=1S/C5H6Cl3P/c6-5(7)3-1-2-4-9(5)8/h1-2H,3-4H2. The zero-order chi connectivity index (χ0) is 6.91. The van der Waals surface area contributed by atoms with Crippen molar-refractivity contribution in [1.82, 2.24) is 0 Å². The van der Waals surface area contributed by atoms with Gasteiger partial charge in [-0.3, -0.25) is 0 Å². The third-order valence-electron chi connectivity index (χ3n) is 1.15. The smallest absolute Gasteiger partial charge is 0.0949 e. The van der Waals surface area contributed by atoms with Crippen LogP contribution in [0.15, 0.2) is 12.2 Å². The van der Waals surface area contributed by atoms with Crippen LogP contribution in [0.2, 0.25) is 0 Å². The number of alkyl halides is 2. The topological polar surface area (TPSA) is 0 Å². The lowest BCUT2D eigenvalue weighted by Gasteiger charge is -2.25. The summed E-state index contributed by atoms with van der Waals surface area (Å²) in [6.45, 7) is 0. The summed E-state index contributed by atoms with van der Waals surface area (Å²) < 4.78 is -0.675. The van der Waals surface area contributed by atoms with Gasteiger partial charge in [0.05, 0.1) is 0 Å². The number of hydrogen-bond acceptors (Lipinski definition) is 0. The molecule has 0 saturated carbocycles. The average molecular weight is 203 g/mol. The van der Waals surface area contributed by atoms with E-state index in [-0.39, 0.29) is 0 Å². The monoisotopic (exact) mass is 202 g/mol. The van der Waals surface area contributed by atoms with Gasteiger partial charge < -0.3 is 0 Å². The van der Waals surface area contributed by atoms with Crippen LogP contribution in [-0.2, 0) is 0 Å². The van der Waals surface area contributed by atoms with Crippen LogP contribution >= 0.6 is 41.7 Å². The zero-order valence-electron chi connectivity index (χ0n) is 4.65. The molecular weight excluding hydrogens is 197 g/mol. The molecule has 0 fully saturated rings. The van der Waals surface area contributed by atoms with E-state index < -0.39 is 11.3 Å². The molecule has 0 saturated heterocycles. The Bertz CT molecular complexity index is 132. The zero-order valence-corrected chi connectivity index (χ0v) is 7.81. The number of hydrogen-bond donors (Lipinski definition) is 0. The van der Waals surface area contributed by atoms with E-state index in [2.05, 4.69) is 0 Å². The second kappa shape index (κ2) is 2.96. The van der Waals surface area contributed by atoms with Crippen molar-refractivity contribution in [3.63, 3.8) is 0 Å². The van der Waals surface area contributed by atoms with Gasteiger partial charge in [-0.2, -0.15) is 0 Å². The number of rotatable bonds is 0. The Labute approximate surface area is 70.7 Å². The molecule has 1 unspecified atom stereocenters. The molecule has 1 aliphatic heterocycles. The SMILES string of the molecule is ClP1CC=CCC1(Cl)Cl. The van der Waals surface area contributed by atoms with Gasteiger partial charge in [-0.25, -0.2) is 0 Å². The first kappa shape index (κ1) is 8.14. The van der Waals surface area contributed by atoms with Crippen LogP contribution in [0, 0.1) is 0 Å². The van der Waals surface area contributed by atoms with E-state index in [4.69, 9.17) is 34.4 Å². The fourth-order valence-corrected chi connectivity index (χ4v) is 2.57. The normalized spacial score (nSPS) is 32.6. The first-order chi connectivity index (χ1) is 4.13. The molecular formula is C5H6Cl3P. The van der Waals surface area contributed by atoms with E-state index in [1.165, 1.54) is 0 Å². The summed E-state index contributed by atoms with van der Waals surface area (Å²) in [4.78, 5) is 0. The van der Waals surface area contributed by atoms with Gasteiger partial charge >= 0.3 is 0 Å². The molecule has 0 amide bonds. The van der Waals surface area contributed by atoms with Crippen molar-refractivity contribution in [1.29, 1.82) is 0 Å². The fourth-order valence-electron chi connectivity index (χ4n) is 0.625. The van der Waals surface area contributed by atoms with Gasteiger partial charge in [-0.15, -0.1) is 0 Å². The van der Waals surface area contributed by atoms with Crippen molar-refractivity contribution in [3.05, 3.63) is 12.2 Å². The quantitative estimate of drug-likeness (QED) is 0.320. The summed E-state index contributed by atoms with van der Waals surface area (Å²) in [7, 11) is -0.719. The Morgan fingerprint density at radius 2 is 2.00 bits per heavy atom. The van der Waals surface area contributed by atoms with Crippen molar-refractivity contribution in [2.45, 2.75) is 10.5 Å². The Hall–Kier alpha value is 1.04. The molecule has 52 valence electrons. The largest absolute Gasteiger partial charge is 0.154 e. The summed E-state index contributed by atoms with van der Waals surface area (Å²) in [6, 6.07) is 0. The molecule has 0 aromatic heterocycles. The van der Waals surface area contributed by atoms with E-state index in [1.54, 1.807) is 0 Å². The fraction of sp³-hybridized carbons (Fsp3) is 0.600. The van der Waals surface area contributed by atoms with Crippen LogP contribution in [0.25, 0.3) is 0 Å². The van der Waals surface area contributed by atoms with E-state index in [0.717, 1.165) is 6.16 Å². The van der Waals surface area contributed by atoms with E-state index in [0.29, 0.717) is 6.42 Å². The highest BCUT2D eigenvalue weighted by atomic mass is 35.7. The molecule has 1 heterocycles. The van der Waals surface area contributed by atoms with Crippen molar-refractivity contribution < 1.29 is 0 Å². The van der Waals surface area contributed by atoms with E-state index in [9.17, 15) is 0 Å². The van der Waals surface area contributed by atoms with Crippen molar-refractivity contribution >= 4 is 41.7 Å². The predicted octanol–water partition coefficient (Wildman–Crippen LogP) is 3.71. The number of halogens is 3. The van der Waals surface area contributed by atoms with Crippen LogP contribution < -0.4 is 0 Å². The first-order valence-electron chi connectivity index (χ1n) is 2.59. The van der Waals surface area contributed by atoms with Gasteiger partial charge in [0.2, 0.25) is 0 Å². The summed E-state index contributed by atoms with van der Waals surface area (Å²) in [5.74, 6) is 0. The minimum absolute atomic E-state index is 0.675. The molecule has 4 heteroatoms. The molecule has 0 aromatic carbocycles. The first-order valence-corrected chi connectivity index (χ1v) is 5.78. The van der Waals surface area contributed by atoms with E-state index in [1.807, 2.05) is 12.2 Å². The molecule has 0 nitrogen and oxygen atoms in total. The van der Waals surface area contributed by atoms with Crippen molar-refractivity contribution in [2.24, 2.45) is 0 Å².